The molecule has 0 spiro atoms. The topological polar surface area (TPSA) is 57.9 Å². The van der Waals surface area contributed by atoms with Crippen LogP contribution in [0.15, 0.2) is 54.7 Å². The van der Waals surface area contributed by atoms with Crippen LogP contribution in [0, 0.1) is 0 Å². The van der Waals surface area contributed by atoms with Gasteiger partial charge in [0.1, 0.15) is 0 Å². The van der Waals surface area contributed by atoms with Gasteiger partial charge < -0.3 is 9.80 Å². The molecule has 0 saturated heterocycles. The lowest BCUT2D eigenvalue weighted by Crippen LogP contribution is -2.32. The number of carbonyl (C=O) groups excluding carboxylic acids is 2. The summed E-state index contributed by atoms with van der Waals surface area (Å²) in [5.41, 5.74) is 1.76. The number of fused-ring (bicyclic) bond motifs is 1. The smallest absolute Gasteiger partial charge is 0.294 e. The summed E-state index contributed by atoms with van der Waals surface area (Å²) in [4.78, 5) is 34.0. The third-order valence-corrected chi connectivity index (χ3v) is 4.77. The van der Waals surface area contributed by atoms with Crippen molar-refractivity contribution in [3.8, 4) is 0 Å². The van der Waals surface area contributed by atoms with Gasteiger partial charge in [0, 0.05) is 32.0 Å². The van der Waals surface area contributed by atoms with Gasteiger partial charge >= 0.3 is 0 Å². The van der Waals surface area contributed by atoms with Gasteiger partial charge in [0.05, 0.1) is 5.52 Å². The van der Waals surface area contributed by atoms with Crippen molar-refractivity contribution in [1.29, 1.82) is 0 Å². The predicted octanol–water partition coefficient (Wildman–Crippen LogP) is 3.87. The lowest BCUT2D eigenvalue weighted by atomic mass is 10.2. The van der Waals surface area contributed by atoms with Gasteiger partial charge in [0.2, 0.25) is 5.82 Å². The molecular weight excluding hydrogens is 352 g/mol. The molecule has 3 rings (SSSR count). The van der Waals surface area contributed by atoms with Gasteiger partial charge in [-0.2, -0.15) is 0 Å². The minimum atomic E-state index is -0.231. The van der Waals surface area contributed by atoms with Crippen LogP contribution < -0.4 is 4.90 Å². The van der Waals surface area contributed by atoms with Crippen molar-refractivity contribution >= 4 is 23.0 Å². The summed E-state index contributed by atoms with van der Waals surface area (Å²) in [6.07, 6.45) is 3.71. The summed E-state index contributed by atoms with van der Waals surface area (Å²) in [5, 5.41) is 0. The fraction of sp³-hybridized carbons (Fsp3) is 0.318. The molecule has 0 saturated carbocycles. The molecule has 0 aliphatic carbocycles. The predicted molar refractivity (Wildman–Crippen MR) is 111 cm³/mol. The summed E-state index contributed by atoms with van der Waals surface area (Å²) >= 11 is 0. The van der Waals surface area contributed by atoms with Gasteiger partial charge in [-0.05, 0) is 37.6 Å². The first-order valence-corrected chi connectivity index (χ1v) is 9.67. The standard InChI is InChI=1S/C22H26N4O2/c1-4-6-15-24(3)21(27)19-18-14-10-11-16-26(18)20(23-19)22(28)25(5-2)17-12-8-7-9-13-17/h7-14,16H,4-6,15H2,1-3H3. The van der Waals surface area contributed by atoms with Crippen LogP contribution in [0.25, 0.3) is 5.52 Å². The van der Waals surface area contributed by atoms with E-state index in [4.69, 9.17) is 0 Å². The maximum atomic E-state index is 13.3. The fourth-order valence-electron chi connectivity index (χ4n) is 3.20. The molecule has 2 heterocycles. The highest BCUT2D eigenvalue weighted by Crippen LogP contribution is 2.20. The second kappa shape index (κ2) is 8.69. The Morgan fingerprint density at radius 1 is 1.00 bits per heavy atom. The largest absolute Gasteiger partial charge is 0.340 e. The van der Waals surface area contributed by atoms with Crippen molar-refractivity contribution in [1.82, 2.24) is 14.3 Å². The molecule has 6 heteroatoms. The Morgan fingerprint density at radius 2 is 1.71 bits per heavy atom. The third-order valence-electron chi connectivity index (χ3n) is 4.77. The molecule has 0 aliphatic heterocycles. The van der Waals surface area contributed by atoms with Crippen LogP contribution in [0.2, 0.25) is 0 Å². The molecule has 6 nitrogen and oxygen atoms in total. The molecule has 0 N–H and O–H groups in total. The Morgan fingerprint density at radius 3 is 2.39 bits per heavy atom. The number of imidazole rings is 1. The van der Waals surface area contributed by atoms with E-state index in [1.165, 1.54) is 0 Å². The van der Waals surface area contributed by atoms with E-state index in [9.17, 15) is 9.59 Å². The summed E-state index contributed by atoms with van der Waals surface area (Å²) in [7, 11) is 1.77. The number of hydrogen-bond donors (Lipinski definition) is 0. The molecule has 2 aromatic heterocycles. The number of pyridine rings is 1. The molecule has 0 radical (unpaired) electrons. The number of nitrogens with zero attached hydrogens (tertiary/aromatic N) is 4. The Hall–Kier alpha value is -3.15. The zero-order valence-electron chi connectivity index (χ0n) is 16.6. The minimum absolute atomic E-state index is 0.168. The quantitative estimate of drug-likeness (QED) is 0.627. The fourth-order valence-corrected chi connectivity index (χ4v) is 3.20. The Labute approximate surface area is 165 Å². The van der Waals surface area contributed by atoms with Crippen LogP contribution in [-0.4, -0.2) is 46.2 Å². The van der Waals surface area contributed by atoms with Crippen LogP contribution in [0.4, 0.5) is 5.69 Å². The van der Waals surface area contributed by atoms with Crippen molar-refractivity contribution in [2.45, 2.75) is 26.7 Å². The summed E-state index contributed by atoms with van der Waals surface area (Å²) in [6.45, 7) is 5.18. The molecule has 0 unspecified atom stereocenters. The Balaban J connectivity index is 2.02. The average molecular weight is 378 g/mol. The number of carbonyl (C=O) groups is 2. The van der Waals surface area contributed by atoms with Crippen molar-refractivity contribution < 1.29 is 9.59 Å². The highest BCUT2D eigenvalue weighted by Gasteiger charge is 2.26. The summed E-state index contributed by atoms with van der Waals surface area (Å²) in [6, 6.07) is 15.0. The number of anilines is 1. The van der Waals surface area contributed by atoms with Gasteiger partial charge in [-0.3, -0.25) is 14.0 Å². The second-order valence-corrected chi connectivity index (χ2v) is 6.71. The summed E-state index contributed by atoms with van der Waals surface area (Å²) < 4.78 is 1.70. The first-order valence-electron chi connectivity index (χ1n) is 9.67. The monoisotopic (exact) mass is 378 g/mol. The maximum absolute atomic E-state index is 13.3. The lowest BCUT2D eigenvalue weighted by Gasteiger charge is -2.20. The normalized spacial score (nSPS) is 10.8. The second-order valence-electron chi connectivity index (χ2n) is 6.71. The average Bonchev–Trinajstić information content (AvgIpc) is 3.12. The van der Waals surface area contributed by atoms with Gasteiger partial charge in [0.15, 0.2) is 5.69 Å². The number of rotatable bonds is 7. The molecule has 3 aromatic rings. The number of hydrogen-bond acceptors (Lipinski definition) is 3. The van der Waals surface area contributed by atoms with Crippen LogP contribution in [0.3, 0.4) is 0 Å². The van der Waals surface area contributed by atoms with Gasteiger partial charge in [-0.1, -0.05) is 37.6 Å². The molecule has 146 valence electrons. The molecule has 28 heavy (non-hydrogen) atoms. The van der Waals surface area contributed by atoms with E-state index in [1.54, 1.807) is 27.4 Å². The first-order chi connectivity index (χ1) is 13.6. The van der Waals surface area contributed by atoms with Crippen molar-refractivity contribution in [3.63, 3.8) is 0 Å². The van der Waals surface area contributed by atoms with Crippen molar-refractivity contribution in [2.75, 3.05) is 25.0 Å². The van der Waals surface area contributed by atoms with Gasteiger partial charge in [-0.25, -0.2) is 4.98 Å². The Bertz CT molecular complexity index is 965. The molecule has 2 amide bonds. The highest BCUT2D eigenvalue weighted by molar-refractivity contribution is 6.07. The lowest BCUT2D eigenvalue weighted by molar-refractivity contribution is 0.0790. The van der Waals surface area contributed by atoms with Crippen LogP contribution in [0.1, 0.15) is 47.8 Å². The van der Waals surface area contributed by atoms with Crippen LogP contribution >= 0.6 is 0 Å². The zero-order chi connectivity index (χ0) is 20.1. The number of amides is 2. The molecule has 0 aliphatic rings. The van der Waals surface area contributed by atoms with Crippen LogP contribution in [0.5, 0.6) is 0 Å². The number of para-hydroxylation sites is 1. The minimum Gasteiger partial charge on any atom is -0.340 e. The molecule has 0 fully saturated rings. The SMILES string of the molecule is CCCCN(C)C(=O)c1nc(C(=O)N(CC)c2ccccc2)n2ccccc12. The van der Waals surface area contributed by atoms with E-state index in [-0.39, 0.29) is 17.6 Å². The summed E-state index contributed by atoms with van der Waals surface area (Å²) in [5.74, 6) is -0.155. The molecule has 1 aromatic carbocycles. The number of aromatic nitrogens is 2. The Kier molecular flexibility index (Phi) is 6.09. The van der Waals surface area contributed by atoms with E-state index in [1.807, 2.05) is 55.5 Å². The van der Waals surface area contributed by atoms with Crippen molar-refractivity contribution in [3.05, 3.63) is 66.2 Å². The first kappa shape index (κ1) is 19.6. The van der Waals surface area contributed by atoms with Crippen LogP contribution in [-0.2, 0) is 0 Å². The highest BCUT2D eigenvalue weighted by atomic mass is 16.2. The van der Waals surface area contributed by atoms with E-state index in [2.05, 4.69) is 11.9 Å². The van der Waals surface area contributed by atoms with E-state index >= 15 is 0 Å². The van der Waals surface area contributed by atoms with Gasteiger partial charge in [-0.15, -0.1) is 0 Å². The maximum Gasteiger partial charge on any atom is 0.294 e. The van der Waals surface area contributed by atoms with E-state index < -0.39 is 0 Å². The van der Waals surface area contributed by atoms with Gasteiger partial charge in [0.25, 0.3) is 11.8 Å². The number of unbranched alkanes of at least 4 members (excludes halogenated alkanes) is 1. The molecule has 0 bridgehead atoms. The van der Waals surface area contributed by atoms with E-state index in [0.29, 0.717) is 24.3 Å². The van der Waals surface area contributed by atoms with E-state index in [0.717, 1.165) is 18.5 Å². The third kappa shape index (κ3) is 3.76. The number of benzene rings is 1. The zero-order valence-corrected chi connectivity index (χ0v) is 16.6. The molecular formula is C22H26N4O2. The van der Waals surface area contributed by atoms with Crippen molar-refractivity contribution in [2.24, 2.45) is 0 Å². The molecule has 0 atom stereocenters.